The molecule has 0 radical (unpaired) electrons. The van der Waals surface area contributed by atoms with Crippen LogP contribution in [0.2, 0.25) is 0 Å². The van der Waals surface area contributed by atoms with Crippen LogP contribution in [0.25, 0.3) is 0 Å². The van der Waals surface area contributed by atoms with Crippen molar-refractivity contribution in [3.05, 3.63) is 0 Å². The minimum Gasteiger partial charge on any atom is -0.379 e. The highest BCUT2D eigenvalue weighted by Crippen LogP contribution is 2.23. The third-order valence-electron chi connectivity index (χ3n) is 2.13. The summed E-state index contributed by atoms with van der Waals surface area (Å²) in [4.78, 5) is 2.42. The molecule has 0 atom stereocenters. The molecule has 0 unspecified atom stereocenters. The Balaban J connectivity index is 1.65. The molecule has 4 nitrogen and oxygen atoms in total. The second-order valence-corrected chi connectivity index (χ2v) is 6.20. The molecule has 0 aliphatic carbocycles. The quantitative estimate of drug-likeness (QED) is 0.654. The van der Waals surface area contributed by atoms with E-state index in [9.17, 15) is 0 Å². The SMILES string of the molecule is Sc1nnc(SCCN2CCOCC2)s1. The number of thioether (sulfide) groups is 1. The molecule has 0 bridgehead atoms. The highest BCUT2D eigenvalue weighted by atomic mass is 32.2. The first kappa shape index (κ1) is 11.7. The van der Waals surface area contributed by atoms with Crippen LogP contribution in [0.5, 0.6) is 0 Å². The Bertz CT molecular complexity index is 301. The van der Waals surface area contributed by atoms with Crippen molar-refractivity contribution >= 4 is 35.7 Å². The van der Waals surface area contributed by atoms with Crippen molar-refractivity contribution < 1.29 is 4.74 Å². The first-order chi connectivity index (χ1) is 7.34. The summed E-state index contributed by atoms with van der Waals surface area (Å²) in [5.41, 5.74) is 0. The van der Waals surface area contributed by atoms with Crippen molar-refractivity contribution in [2.24, 2.45) is 0 Å². The first-order valence-electron chi connectivity index (χ1n) is 4.80. The van der Waals surface area contributed by atoms with Gasteiger partial charge >= 0.3 is 0 Å². The van der Waals surface area contributed by atoms with Crippen LogP contribution >= 0.6 is 35.7 Å². The molecule has 0 aromatic carbocycles. The van der Waals surface area contributed by atoms with E-state index in [1.54, 1.807) is 11.8 Å². The normalized spacial score (nSPS) is 18.2. The molecule has 0 saturated carbocycles. The van der Waals surface area contributed by atoms with E-state index in [4.69, 9.17) is 4.74 Å². The fourth-order valence-electron chi connectivity index (χ4n) is 1.35. The Morgan fingerprint density at radius 3 is 2.87 bits per heavy atom. The molecule has 2 rings (SSSR count). The number of rotatable bonds is 4. The van der Waals surface area contributed by atoms with Crippen LogP contribution in [-0.2, 0) is 4.74 Å². The summed E-state index contributed by atoms with van der Waals surface area (Å²) in [6, 6.07) is 0. The lowest BCUT2D eigenvalue weighted by atomic mass is 10.4. The average molecular weight is 263 g/mol. The lowest BCUT2D eigenvalue weighted by molar-refractivity contribution is 0.0410. The van der Waals surface area contributed by atoms with Gasteiger partial charge in [-0.3, -0.25) is 4.90 Å². The summed E-state index contributed by atoms with van der Waals surface area (Å²) in [5.74, 6) is 1.06. The Kier molecular flexibility index (Phi) is 4.70. The second-order valence-electron chi connectivity index (χ2n) is 3.15. The maximum atomic E-state index is 5.29. The van der Waals surface area contributed by atoms with Gasteiger partial charge in [0.05, 0.1) is 13.2 Å². The van der Waals surface area contributed by atoms with E-state index in [0.29, 0.717) is 0 Å². The molecule has 2 heterocycles. The summed E-state index contributed by atoms with van der Waals surface area (Å²) >= 11 is 7.42. The van der Waals surface area contributed by atoms with Gasteiger partial charge in [-0.2, -0.15) is 0 Å². The Hall–Kier alpha value is 0.180. The van der Waals surface area contributed by atoms with E-state index >= 15 is 0 Å². The number of nitrogens with zero attached hydrogens (tertiary/aromatic N) is 3. The topological polar surface area (TPSA) is 38.2 Å². The Morgan fingerprint density at radius 2 is 2.20 bits per heavy atom. The molecular weight excluding hydrogens is 250 g/mol. The molecule has 1 aromatic rings. The van der Waals surface area contributed by atoms with Crippen molar-refractivity contribution in [3.63, 3.8) is 0 Å². The molecule has 0 spiro atoms. The monoisotopic (exact) mass is 263 g/mol. The number of thiol groups is 1. The van der Waals surface area contributed by atoms with Crippen LogP contribution in [0.3, 0.4) is 0 Å². The van der Waals surface area contributed by atoms with Gasteiger partial charge in [0.1, 0.15) is 0 Å². The van der Waals surface area contributed by atoms with Gasteiger partial charge in [0, 0.05) is 25.4 Å². The lowest BCUT2D eigenvalue weighted by Crippen LogP contribution is -2.37. The van der Waals surface area contributed by atoms with E-state index < -0.39 is 0 Å². The van der Waals surface area contributed by atoms with Crippen LogP contribution in [0, 0.1) is 0 Å². The summed E-state index contributed by atoms with van der Waals surface area (Å²) in [7, 11) is 0. The molecular formula is C8H13N3OS3. The van der Waals surface area contributed by atoms with E-state index in [2.05, 4.69) is 27.7 Å². The van der Waals surface area contributed by atoms with Gasteiger partial charge in [0.2, 0.25) is 0 Å². The predicted octanol–water partition coefficient (Wildman–Crippen LogP) is 1.25. The number of morpholine rings is 1. The van der Waals surface area contributed by atoms with Gasteiger partial charge in [0.15, 0.2) is 8.68 Å². The van der Waals surface area contributed by atoms with Crippen LogP contribution in [-0.4, -0.2) is 53.7 Å². The molecule has 1 aromatic heterocycles. The zero-order chi connectivity index (χ0) is 10.5. The van der Waals surface area contributed by atoms with Crippen LogP contribution in [0.1, 0.15) is 0 Å². The van der Waals surface area contributed by atoms with E-state index in [1.807, 2.05) is 0 Å². The fourth-order valence-corrected chi connectivity index (χ4v) is 3.50. The maximum Gasteiger partial charge on any atom is 0.175 e. The molecule has 7 heteroatoms. The van der Waals surface area contributed by atoms with Gasteiger partial charge in [-0.1, -0.05) is 23.1 Å². The zero-order valence-electron chi connectivity index (χ0n) is 8.26. The molecule has 15 heavy (non-hydrogen) atoms. The molecule has 1 aliphatic heterocycles. The van der Waals surface area contributed by atoms with Gasteiger partial charge in [-0.15, -0.1) is 22.8 Å². The number of aromatic nitrogens is 2. The second kappa shape index (κ2) is 6.05. The van der Waals surface area contributed by atoms with E-state index in [-0.39, 0.29) is 0 Å². The number of hydrogen-bond acceptors (Lipinski definition) is 7. The molecule has 1 aliphatic rings. The zero-order valence-corrected chi connectivity index (χ0v) is 10.8. The largest absolute Gasteiger partial charge is 0.379 e. The standard InChI is InChI=1S/C8H13N3OS3/c13-7-9-10-8(15-7)14-6-3-11-1-4-12-5-2-11/h1-6H2,(H,9,13). The summed E-state index contributed by atoms with van der Waals surface area (Å²) in [6.45, 7) is 4.92. The van der Waals surface area contributed by atoms with E-state index in [0.717, 1.165) is 47.3 Å². The van der Waals surface area contributed by atoms with Crippen molar-refractivity contribution in [1.82, 2.24) is 15.1 Å². The summed E-state index contributed by atoms with van der Waals surface area (Å²) in [5, 5.41) is 7.87. The first-order valence-corrected chi connectivity index (χ1v) is 7.05. The van der Waals surface area contributed by atoms with Crippen LogP contribution in [0.15, 0.2) is 8.68 Å². The van der Waals surface area contributed by atoms with Crippen molar-refractivity contribution in [2.75, 3.05) is 38.6 Å². The molecule has 1 saturated heterocycles. The number of hydrogen-bond donors (Lipinski definition) is 1. The summed E-state index contributed by atoms with van der Waals surface area (Å²) in [6.07, 6.45) is 0. The van der Waals surface area contributed by atoms with Gasteiger partial charge < -0.3 is 4.74 Å². The lowest BCUT2D eigenvalue weighted by Gasteiger charge is -2.25. The van der Waals surface area contributed by atoms with Crippen LogP contribution in [0.4, 0.5) is 0 Å². The fraction of sp³-hybridized carbons (Fsp3) is 0.750. The maximum absolute atomic E-state index is 5.29. The molecule has 0 amide bonds. The Labute approximate surface area is 103 Å². The molecule has 1 fully saturated rings. The smallest absolute Gasteiger partial charge is 0.175 e. The van der Waals surface area contributed by atoms with Gasteiger partial charge in [-0.05, 0) is 0 Å². The number of ether oxygens (including phenoxy) is 1. The van der Waals surface area contributed by atoms with Crippen LogP contribution < -0.4 is 0 Å². The van der Waals surface area contributed by atoms with Gasteiger partial charge in [-0.25, -0.2) is 0 Å². The average Bonchev–Trinajstić information content (AvgIpc) is 2.66. The minimum absolute atomic E-state index is 0.740. The van der Waals surface area contributed by atoms with E-state index in [1.165, 1.54) is 11.3 Å². The Morgan fingerprint density at radius 1 is 1.40 bits per heavy atom. The highest BCUT2D eigenvalue weighted by Gasteiger charge is 2.10. The molecule has 84 valence electrons. The third kappa shape index (κ3) is 3.92. The predicted molar refractivity (Wildman–Crippen MR) is 65.1 cm³/mol. The van der Waals surface area contributed by atoms with Crippen molar-refractivity contribution in [3.8, 4) is 0 Å². The molecule has 0 N–H and O–H groups in total. The third-order valence-corrected chi connectivity index (χ3v) is 4.34. The highest BCUT2D eigenvalue weighted by molar-refractivity contribution is 8.01. The van der Waals surface area contributed by atoms with Gasteiger partial charge in [0.25, 0.3) is 0 Å². The van der Waals surface area contributed by atoms with Crippen molar-refractivity contribution in [2.45, 2.75) is 8.68 Å². The minimum atomic E-state index is 0.740. The van der Waals surface area contributed by atoms with Crippen molar-refractivity contribution in [1.29, 1.82) is 0 Å². The summed E-state index contributed by atoms with van der Waals surface area (Å²) < 4.78 is 7.04.